The third-order valence-electron chi connectivity index (χ3n) is 3.33. The van der Waals surface area contributed by atoms with Gasteiger partial charge in [0, 0.05) is 6.54 Å². The zero-order chi connectivity index (χ0) is 14.6. The number of benzene rings is 1. The van der Waals surface area contributed by atoms with Crippen molar-refractivity contribution in [2.75, 3.05) is 6.54 Å². The summed E-state index contributed by atoms with van der Waals surface area (Å²) in [5, 5.41) is 0. The Morgan fingerprint density at radius 1 is 1.16 bits per heavy atom. The van der Waals surface area contributed by atoms with Crippen molar-refractivity contribution in [1.29, 1.82) is 0 Å². The highest BCUT2D eigenvalue weighted by Gasteiger charge is 2.21. The van der Waals surface area contributed by atoms with Crippen molar-refractivity contribution >= 4 is 10.0 Å². The fourth-order valence-electron chi connectivity index (χ4n) is 2.16. The van der Waals surface area contributed by atoms with Crippen LogP contribution in [0.15, 0.2) is 29.2 Å². The van der Waals surface area contributed by atoms with Gasteiger partial charge in [-0.15, -0.1) is 0 Å². The highest BCUT2D eigenvalue weighted by molar-refractivity contribution is 7.89. The molecule has 0 spiro atoms. The molecule has 0 fully saturated rings. The predicted octanol–water partition coefficient (Wildman–Crippen LogP) is 3.03. The molecule has 0 saturated carbocycles. The predicted molar refractivity (Wildman–Crippen MR) is 74.8 cm³/mol. The van der Waals surface area contributed by atoms with E-state index >= 15 is 0 Å². The molecule has 0 unspecified atom stereocenters. The maximum Gasteiger partial charge on any atom is 0.240 e. The number of rotatable bonds is 6. The monoisotopic (exact) mass is 287 g/mol. The molecule has 0 heterocycles. The smallest absolute Gasteiger partial charge is 0.211 e. The summed E-state index contributed by atoms with van der Waals surface area (Å²) < 4.78 is 39.7. The Bertz CT molecular complexity index is 504. The van der Waals surface area contributed by atoms with Crippen LogP contribution >= 0.6 is 0 Å². The lowest BCUT2D eigenvalue weighted by atomic mass is 9.86. The van der Waals surface area contributed by atoms with Gasteiger partial charge in [0.1, 0.15) is 5.82 Å². The van der Waals surface area contributed by atoms with E-state index in [9.17, 15) is 12.8 Å². The van der Waals surface area contributed by atoms with Crippen molar-refractivity contribution in [1.82, 2.24) is 4.72 Å². The van der Waals surface area contributed by atoms with Crippen LogP contribution in [0.2, 0.25) is 0 Å². The Balaban J connectivity index is 2.81. The molecule has 5 heteroatoms. The topological polar surface area (TPSA) is 46.2 Å². The average molecular weight is 287 g/mol. The lowest BCUT2D eigenvalue weighted by Crippen LogP contribution is -2.34. The highest BCUT2D eigenvalue weighted by Crippen LogP contribution is 2.20. The van der Waals surface area contributed by atoms with Gasteiger partial charge in [-0.25, -0.2) is 17.5 Å². The van der Waals surface area contributed by atoms with Crippen LogP contribution in [0.1, 0.15) is 27.7 Å². The fraction of sp³-hybridized carbons (Fsp3) is 0.571. The van der Waals surface area contributed by atoms with Gasteiger partial charge in [-0.2, -0.15) is 0 Å². The molecule has 0 saturated heterocycles. The normalized spacial score (nSPS) is 12.6. The van der Waals surface area contributed by atoms with Gasteiger partial charge in [-0.3, -0.25) is 0 Å². The first kappa shape index (κ1) is 16.1. The summed E-state index contributed by atoms with van der Waals surface area (Å²) in [5.41, 5.74) is 0. The Kier molecular flexibility index (Phi) is 5.50. The van der Waals surface area contributed by atoms with E-state index in [2.05, 4.69) is 32.4 Å². The third-order valence-corrected chi connectivity index (χ3v) is 4.75. The van der Waals surface area contributed by atoms with Crippen molar-refractivity contribution in [3.05, 3.63) is 30.1 Å². The summed E-state index contributed by atoms with van der Waals surface area (Å²) >= 11 is 0. The van der Waals surface area contributed by atoms with E-state index in [0.29, 0.717) is 18.4 Å². The van der Waals surface area contributed by atoms with Gasteiger partial charge in [-0.1, -0.05) is 33.8 Å². The zero-order valence-electron chi connectivity index (χ0n) is 11.9. The second kappa shape index (κ2) is 6.48. The Morgan fingerprint density at radius 2 is 1.74 bits per heavy atom. The molecule has 19 heavy (non-hydrogen) atoms. The lowest BCUT2D eigenvalue weighted by Gasteiger charge is -2.25. The van der Waals surface area contributed by atoms with E-state index < -0.39 is 15.8 Å². The molecule has 3 nitrogen and oxygen atoms in total. The molecular weight excluding hydrogens is 265 g/mol. The van der Waals surface area contributed by atoms with E-state index in [4.69, 9.17) is 0 Å². The maximum atomic E-state index is 13.1. The summed E-state index contributed by atoms with van der Waals surface area (Å²) in [5.74, 6) is 0.473. The fourth-order valence-corrected chi connectivity index (χ4v) is 3.27. The van der Waals surface area contributed by atoms with E-state index in [1.54, 1.807) is 0 Å². The number of sulfonamides is 1. The molecule has 0 aliphatic carbocycles. The number of hydrogen-bond donors (Lipinski definition) is 1. The molecule has 0 aliphatic heterocycles. The first-order valence-corrected chi connectivity index (χ1v) is 7.97. The van der Waals surface area contributed by atoms with Crippen LogP contribution in [-0.4, -0.2) is 15.0 Å². The standard InChI is InChI=1S/C14H22FNO2S/c1-10(2)14(11(3)4)9-16-19(17,18)13-7-5-6-12(15)8-13/h5-8,10-11,14,16H,9H2,1-4H3. The molecule has 1 aromatic carbocycles. The molecule has 0 aromatic heterocycles. The summed E-state index contributed by atoms with van der Waals surface area (Å²) in [7, 11) is -3.63. The van der Waals surface area contributed by atoms with Gasteiger partial charge < -0.3 is 0 Å². The second-order valence-electron chi connectivity index (χ2n) is 5.46. The molecule has 0 aliphatic rings. The molecule has 1 N–H and O–H groups in total. The Labute approximate surface area is 115 Å². The SMILES string of the molecule is CC(C)C(CNS(=O)(=O)c1cccc(F)c1)C(C)C. The van der Waals surface area contributed by atoms with Crippen molar-refractivity contribution < 1.29 is 12.8 Å². The van der Waals surface area contributed by atoms with E-state index in [1.807, 2.05) is 0 Å². The molecule has 1 aromatic rings. The van der Waals surface area contributed by atoms with Crippen LogP contribution in [0, 0.1) is 23.6 Å². The maximum absolute atomic E-state index is 13.1. The number of halogens is 1. The van der Waals surface area contributed by atoms with E-state index in [0.717, 1.165) is 6.07 Å². The second-order valence-corrected chi connectivity index (χ2v) is 7.23. The Morgan fingerprint density at radius 3 is 2.21 bits per heavy atom. The largest absolute Gasteiger partial charge is 0.240 e. The van der Waals surface area contributed by atoms with Crippen LogP contribution in [-0.2, 0) is 10.0 Å². The van der Waals surface area contributed by atoms with Crippen molar-refractivity contribution in [2.24, 2.45) is 17.8 Å². The first-order valence-electron chi connectivity index (χ1n) is 6.49. The van der Waals surface area contributed by atoms with Gasteiger partial charge in [0.05, 0.1) is 4.90 Å². The number of hydrogen-bond acceptors (Lipinski definition) is 2. The van der Waals surface area contributed by atoms with Crippen molar-refractivity contribution in [3.63, 3.8) is 0 Å². The minimum Gasteiger partial charge on any atom is -0.211 e. The van der Waals surface area contributed by atoms with Crippen LogP contribution in [0.4, 0.5) is 4.39 Å². The summed E-state index contributed by atoms with van der Waals surface area (Å²) in [6.45, 7) is 8.65. The molecular formula is C14H22FNO2S. The molecule has 0 amide bonds. The summed E-state index contributed by atoms with van der Waals surface area (Å²) in [6, 6.07) is 5.05. The van der Waals surface area contributed by atoms with Gasteiger partial charge in [-0.05, 0) is 36.0 Å². The minimum absolute atomic E-state index is 0.0289. The van der Waals surface area contributed by atoms with Crippen molar-refractivity contribution in [2.45, 2.75) is 32.6 Å². The summed E-state index contributed by atoms with van der Waals surface area (Å²) in [6.07, 6.45) is 0. The lowest BCUT2D eigenvalue weighted by molar-refractivity contribution is 0.289. The Hall–Kier alpha value is -0.940. The van der Waals surface area contributed by atoms with Gasteiger partial charge in [0.25, 0.3) is 0 Å². The molecule has 108 valence electrons. The zero-order valence-corrected chi connectivity index (χ0v) is 12.7. The van der Waals surface area contributed by atoms with Gasteiger partial charge in [0.2, 0.25) is 10.0 Å². The molecule has 0 bridgehead atoms. The molecule has 0 atom stereocenters. The molecule has 1 rings (SSSR count). The van der Waals surface area contributed by atoms with Crippen LogP contribution in [0.25, 0.3) is 0 Å². The van der Waals surface area contributed by atoms with E-state index in [-0.39, 0.29) is 10.8 Å². The van der Waals surface area contributed by atoms with Crippen LogP contribution < -0.4 is 4.72 Å². The minimum atomic E-state index is -3.63. The van der Waals surface area contributed by atoms with E-state index in [1.165, 1.54) is 18.2 Å². The number of nitrogens with one attached hydrogen (secondary N) is 1. The average Bonchev–Trinajstić information content (AvgIpc) is 2.28. The van der Waals surface area contributed by atoms with Gasteiger partial charge >= 0.3 is 0 Å². The first-order chi connectivity index (χ1) is 8.74. The third kappa shape index (κ3) is 4.58. The van der Waals surface area contributed by atoms with Crippen LogP contribution in [0.5, 0.6) is 0 Å². The summed E-state index contributed by atoms with van der Waals surface area (Å²) in [4.78, 5) is -0.0289. The molecule has 0 radical (unpaired) electrons. The van der Waals surface area contributed by atoms with Gasteiger partial charge in [0.15, 0.2) is 0 Å². The van der Waals surface area contributed by atoms with Crippen LogP contribution in [0.3, 0.4) is 0 Å². The van der Waals surface area contributed by atoms with Crippen molar-refractivity contribution in [3.8, 4) is 0 Å². The highest BCUT2D eigenvalue weighted by atomic mass is 32.2. The quantitative estimate of drug-likeness (QED) is 0.874.